The predicted molar refractivity (Wildman–Crippen MR) is 87.8 cm³/mol. The van der Waals surface area contributed by atoms with Crippen molar-refractivity contribution in [3.63, 3.8) is 0 Å². The van der Waals surface area contributed by atoms with Gasteiger partial charge in [-0.2, -0.15) is 0 Å². The van der Waals surface area contributed by atoms with Crippen LogP contribution in [0.4, 0.5) is 5.69 Å². The number of rotatable bonds is 5. The number of nitrogens with two attached hydrogens (primary N) is 1. The van der Waals surface area contributed by atoms with Crippen molar-refractivity contribution in [2.45, 2.75) is 33.6 Å². The first-order valence-electron chi connectivity index (χ1n) is 7.80. The average Bonchev–Trinajstić information content (AvgIpc) is 2.80. The third-order valence-electron chi connectivity index (χ3n) is 4.08. The number of amides is 2. The first-order valence-corrected chi connectivity index (χ1v) is 7.80. The van der Waals surface area contributed by atoms with Crippen molar-refractivity contribution in [3.05, 3.63) is 28.8 Å². The number of hydrogen-bond acceptors (Lipinski definition) is 3. The van der Waals surface area contributed by atoms with E-state index in [-0.39, 0.29) is 24.2 Å². The second kappa shape index (κ2) is 6.92. The third kappa shape index (κ3) is 3.47. The number of nitrogens with zero attached hydrogens (tertiary/aromatic N) is 1. The number of hydrogen-bond donors (Lipinski definition) is 2. The van der Waals surface area contributed by atoms with Crippen LogP contribution in [-0.4, -0.2) is 31.4 Å². The van der Waals surface area contributed by atoms with Crippen LogP contribution in [0.25, 0.3) is 0 Å². The zero-order valence-corrected chi connectivity index (χ0v) is 13.6. The van der Waals surface area contributed by atoms with Gasteiger partial charge in [0.1, 0.15) is 0 Å². The van der Waals surface area contributed by atoms with Crippen molar-refractivity contribution >= 4 is 17.5 Å². The van der Waals surface area contributed by atoms with Crippen molar-refractivity contribution in [1.82, 2.24) is 5.32 Å². The Hall–Kier alpha value is -1.88. The topological polar surface area (TPSA) is 75.4 Å². The number of anilines is 1. The molecule has 1 saturated heterocycles. The SMILES string of the molecule is Cc1cc(C)c(N2CC(C(=O)NCCCN)CC2=O)c(C)c1. The fraction of sp³-hybridized carbons (Fsp3) is 0.529. The number of carbonyl (C=O) groups excluding carboxylic acids is 2. The van der Waals surface area contributed by atoms with E-state index in [0.29, 0.717) is 19.6 Å². The van der Waals surface area contributed by atoms with Gasteiger partial charge in [0.05, 0.1) is 5.92 Å². The Morgan fingerprint density at radius 2 is 1.95 bits per heavy atom. The molecule has 5 nitrogen and oxygen atoms in total. The molecule has 0 saturated carbocycles. The fourth-order valence-corrected chi connectivity index (χ4v) is 3.16. The number of nitrogens with one attached hydrogen (secondary N) is 1. The number of benzene rings is 1. The summed E-state index contributed by atoms with van der Waals surface area (Å²) in [6, 6.07) is 4.15. The lowest BCUT2D eigenvalue weighted by Crippen LogP contribution is -2.34. The molecule has 5 heteroatoms. The van der Waals surface area contributed by atoms with Gasteiger partial charge in [0, 0.05) is 25.2 Å². The molecule has 1 aliphatic heterocycles. The van der Waals surface area contributed by atoms with Crippen LogP contribution in [0.2, 0.25) is 0 Å². The smallest absolute Gasteiger partial charge is 0.227 e. The Kier molecular flexibility index (Phi) is 5.19. The van der Waals surface area contributed by atoms with E-state index in [1.54, 1.807) is 4.90 Å². The van der Waals surface area contributed by atoms with Gasteiger partial charge in [0.2, 0.25) is 11.8 Å². The molecule has 1 unspecified atom stereocenters. The Morgan fingerprint density at radius 3 is 2.55 bits per heavy atom. The Labute approximate surface area is 131 Å². The molecular formula is C17H25N3O2. The van der Waals surface area contributed by atoms with Crippen LogP contribution in [0, 0.1) is 26.7 Å². The van der Waals surface area contributed by atoms with Crippen LogP contribution in [0.5, 0.6) is 0 Å². The van der Waals surface area contributed by atoms with Crippen molar-refractivity contribution in [2.24, 2.45) is 11.7 Å². The molecule has 1 aromatic carbocycles. The summed E-state index contributed by atoms with van der Waals surface area (Å²) < 4.78 is 0. The van der Waals surface area contributed by atoms with E-state index >= 15 is 0 Å². The highest BCUT2D eigenvalue weighted by Gasteiger charge is 2.36. The van der Waals surface area contributed by atoms with Crippen LogP contribution in [-0.2, 0) is 9.59 Å². The van der Waals surface area contributed by atoms with E-state index < -0.39 is 0 Å². The van der Waals surface area contributed by atoms with Gasteiger partial charge in [-0.1, -0.05) is 17.7 Å². The quantitative estimate of drug-likeness (QED) is 0.808. The Morgan fingerprint density at radius 1 is 1.32 bits per heavy atom. The molecule has 1 atom stereocenters. The van der Waals surface area contributed by atoms with Gasteiger partial charge in [-0.15, -0.1) is 0 Å². The third-order valence-corrected chi connectivity index (χ3v) is 4.08. The Bertz CT molecular complexity index is 560. The molecule has 0 spiro atoms. The molecule has 1 fully saturated rings. The number of carbonyl (C=O) groups is 2. The van der Waals surface area contributed by atoms with Crippen molar-refractivity contribution in [2.75, 3.05) is 24.5 Å². The molecule has 3 N–H and O–H groups in total. The summed E-state index contributed by atoms with van der Waals surface area (Å²) in [5.74, 6) is -0.300. The second-order valence-electron chi connectivity index (χ2n) is 6.09. The van der Waals surface area contributed by atoms with Crippen molar-refractivity contribution in [3.8, 4) is 0 Å². The lowest BCUT2D eigenvalue weighted by Gasteiger charge is -2.22. The molecule has 0 aromatic heterocycles. The van der Waals surface area contributed by atoms with Crippen LogP contribution < -0.4 is 16.0 Å². The number of aryl methyl sites for hydroxylation is 3. The van der Waals surface area contributed by atoms with Crippen LogP contribution in [0.1, 0.15) is 29.5 Å². The summed E-state index contributed by atoms with van der Waals surface area (Å²) in [6.07, 6.45) is 1.04. The van der Waals surface area contributed by atoms with E-state index in [2.05, 4.69) is 17.4 Å². The van der Waals surface area contributed by atoms with Crippen LogP contribution >= 0.6 is 0 Å². The molecule has 0 radical (unpaired) electrons. The van der Waals surface area contributed by atoms with Crippen molar-refractivity contribution in [1.29, 1.82) is 0 Å². The minimum atomic E-state index is -0.273. The zero-order chi connectivity index (χ0) is 16.3. The summed E-state index contributed by atoms with van der Waals surface area (Å²) in [7, 11) is 0. The molecule has 0 bridgehead atoms. The second-order valence-corrected chi connectivity index (χ2v) is 6.09. The molecule has 120 valence electrons. The largest absolute Gasteiger partial charge is 0.356 e. The Balaban J connectivity index is 2.12. The normalized spacial score (nSPS) is 17.9. The van der Waals surface area contributed by atoms with E-state index in [1.165, 1.54) is 5.56 Å². The molecular weight excluding hydrogens is 278 g/mol. The van der Waals surface area contributed by atoms with Gasteiger partial charge >= 0.3 is 0 Å². The van der Waals surface area contributed by atoms with E-state index in [9.17, 15) is 9.59 Å². The maximum Gasteiger partial charge on any atom is 0.227 e. The first kappa shape index (κ1) is 16.5. The highest BCUT2D eigenvalue weighted by atomic mass is 16.2. The molecule has 1 heterocycles. The summed E-state index contributed by atoms with van der Waals surface area (Å²) in [5.41, 5.74) is 9.71. The fourth-order valence-electron chi connectivity index (χ4n) is 3.16. The summed E-state index contributed by atoms with van der Waals surface area (Å²) in [4.78, 5) is 26.2. The van der Waals surface area contributed by atoms with Gasteiger partial charge in [-0.25, -0.2) is 0 Å². The first-order chi connectivity index (χ1) is 10.4. The molecule has 1 aliphatic rings. The molecule has 0 aliphatic carbocycles. The minimum Gasteiger partial charge on any atom is -0.356 e. The summed E-state index contributed by atoms with van der Waals surface area (Å²) in [6.45, 7) is 7.65. The zero-order valence-electron chi connectivity index (χ0n) is 13.6. The maximum atomic E-state index is 12.3. The molecule has 1 aromatic rings. The van der Waals surface area contributed by atoms with Crippen LogP contribution in [0.15, 0.2) is 12.1 Å². The summed E-state index contributed by atoms with van der Waals surface area (Å²) in [5, 5.41) is 2.86. The van der Waals surface area contributed by atoms with Gasteiger partial charge in [-0.05, 0) is 44.9 Å². The lowest BCUT2D eigenvalue weighted by atomic mass is 10.0. The van der Waals surface area contributed by atoms with E-state index in [4.69, 9.17) is 5.73 Å². The monoisotopic (exact) mass is 303 g/mol. The van der Waals surface area contributed by atoms with E-state index in [1.807, 2.05) is 20.8 Å². The van der Waals surface area contributed by atoms with Gasteiger partial charge in [0.25, 0.3) is 0 Å². The van der Waals surface area contributed by atoms with Crippen LogP contribution in [0.3, 0.4) is 0 Å². The van der Waals surface area contributed by atoms with Gasteiger partial charge in [0.15, 0.2) is 0 Å². The van der Waals surface area contributed by atoms with Gasteiger partial charge < -0.3 is 16.0 Å². The highest BCUT2D eigenvalue weighted by Crippen LogP contribution is 2.31. The average molecular weight is 303 g/mol. The molecule has 22 heavy (non-hydrogen) atoms. The highest BCUT2D eigenvalue weighted by molar-refractivity contribution is 6.01. The van der Waals surface area contributed by atoms with Crippen molar-refractivity contribution < 1.29 is 9.59 Å². The molecule has 2 amide bonds. The lowest BCUT2D eigenvalue weighted by molar-refractivity contribution is -0.126. The maximum absolute atomic E-state index is 12.3. The van der Waals surface area contributed by atoms with Gasteiger partial charge in [-0.3, -0.25) is 9.59 Å². The minimum absolute atomic E-state index is 0.0222. The standard InChI is InChI=1S/C17H25N3O2/c1-11-7-12(2)16(13(3)8-11)20-10-14(9-15(20)21)17(22)19-6-4-5-18/h7-8,14H,4-6,9-10,18H2,1-3H3,(H,19,22). The summed E-state index contributed by atoms with van der Waals surface area (Å²) >= 11 is 0. The van der Waals surface area contributed by atoms with E-state index in [0.717, 1.165) is 23.2 Å². The molecule has 2 rings (SSSR count). The predicted octanol–water partition coefficient (Wildman–Crippen LogP) is 1.43.